The van der Waals surface area contributed by atoms with Crippen LogP contribution in [-0.4, -0.2) is 30.6 Å². The summed E-state index contributed by atoms with van der Waals surface area (Å²) >= 11 is 0. The lowest BCUT2D eigenvalue weighted by Gasteiger charge is -2.25. The van der Waals surface area contributed by atoms with Crippen molar-refractivity contribution < 1.29 is 13.9 Å². The van der Waals surface area contributed by atoms with Crippen LogP contribution in [0.25, 0.3) is 5.70 Å². The number of ether oxygens (including phenoxy) is 1. The Bertz CT molecular complexity index is 555. The van der Waals surface area contributed by atoms with Crippen molar-refractivity contribution in [3.05, 3.63) is 41.2 Å². The Labute approximate surface area is 124 Å². The molecule has 0 atom stereocenters. The summed E-state index contributed by atoms with van der Waals surface area (Å²) in [6.07, 6.45) is 0. The molecule has 0 N–H and O–H groups in total. The summed E-state index contributed by atoms with van der Waals surface area (Å²) in [6, 6.07) is 7.64. The van der Waals surface area contributed by atoms with Gasteiger partial charge < -0.3 is 9.64 Å². The lowest BCUT2D eigenvalue weighted by Crippen LogP contribution is -2.25. The van der Waals surface area contributed by atoms with E-state index in [9.17, 15) is 14.4 Å². The predicted octanol–water partition coefficient (Wildman–Crippen LogP) is 2.97. The highest BCUT2D eigenvalue weighted by Gasteiger charge is 2.21. The number of carbonyl (C=O) groups is 1. The van der Waals surface area contributed by atoms with Crippen molar-refractivity contribution in [2.45, 2.75) is 20.8 Å². The van der Waals surface area contributed by atoms with Crippen molar-refractivity contribution in [3.63, 3.8) is 0 Å². The summed E-state index contributed by atoms with van der Waals surface area (Å²) in [4.78, 5) is 13.9. The topological polar surface area (TPSA) is 53.3 Å². The van der Waals surface area contributed by atoms with E-state index >= 15 is 0 Å². The molecule has 0 aliphatic heterocycles. The molecule has 0 heterocycles. The summed E-state index contributed by atoms with van der Waals surface area (Å²) in [7, 11) is 0. The molecule has 0 fully saturated rings. The molecule has 0 saturated carbocycles. The van der Waals surface area contributed by atoms with Crippen molar-refractivity contribution in [3.8, 4) is 6.07 Å². The van der Waals surface area contributed by atoms with Gasteiger partial charge in [-0.15, -0.1) is 0 Å². The minimum Gasteiger partial charge on any atom is -0.462 e. The molecule has 0 bridgehead atoms. The Hall–Kier alpha value is -2.35. The number of hydrogen-bond donors (Lipinski definition) is 0. The minimum atomic E-state index is -0.661. The fourth-order valence-electron chi connectivity index (χ4n) is 2.03. The minimum absolute atomic E-state index is 0.0628. The van der Waals surface area contributed by atoms with E-state index in [4.69, 9.17) is 4.74 Å². The third-order valence-corrected chi connectivity index (χ3v) is 3.03. The van der Waals surface area contributed by atoms with Gasteiger partial charge in [0.05, 0.1) is 12.3 Å². The average Bonchev–Trinajstić information content (AvgIpc) is 2.49. The third kappa shape index (κ3) is 4.06. The molecule has 0 spiro atoms. The normalized spacial score (nSPS) is 11.4. The Balaban J connectivity index is 3.46. The van der Waals surface area contributed by atoms with Crippen molar-refractivity contribution >= 4 is 11.7 Å². The van der Waals surface area contributed by atoms with E-state index in [0.29, 0.717) is 24.4 Å². The van der Waals surface area contributed by atoms with Crippen LogP contribution in [0, 0.1) is 17.1 Å². The second kappa shape index (κ2) is 8.05. The van der Waals surface area contributed by atoms with Gasteiger partial charge in [-0.3, -0.25) is 0 Å². The lowest BCUT2D eigenvalue weighted by atomic mass is 10.1. The fraction of sp³-hybridized carbons (Fsp3) is 0.375. The summed E-state index contributed by atoms with van der Waals surface area (Å²) in [5.74, 6) is -1.03. The van der Waals surface area contributed by atoms with Crippen LogP contribution in [-0.2, 0) is 9.53 Å². The van der Waals surface area contributed by atoms with Gasteiger partial charge in [-0.1, -0.05) is 0 Å². The maximum atomic E-state index is 13.1. The van der Waals surface area contributed by atoms with Gasteiger partial charge in [0.15, 0.2) is 5.57 Å². The molecule has 0 saturated heterocycles. The number of benzene rings is 1. The van der Waals surface area contributed by atoms with Crippen LogP contribution < -0.4 is 0 Å². The highest BCUT2D eigenvalue weighted by molar-refractivity contribution is 6.01. The van der Waals surface area contributed by atoms with Crippen LogP contribution in [0.4, 0.5) is 4.39 Å². The number of nitriles is 1. The zero-order valence-corrected chi connectivity index (χ0v) is 12.5. The van der Waals surface area contributed by atoms with Gasteiger partial charge in [0.25, 0.3) is 0 Å². The van der Waals surface area contributed by atoms with Crippen molar-refractivity contribution in [1.82, 2.24) is 4.90 Å². The predicted molar refractivity (Wildman–Crippen MR) is 78.5 cm³/mol. The van der Waals surface area contributed by atoms with Gasteiger partial charge in [0.1, 0.15) is 11.9 Å². The molecule has 0 amide bonds. The molecule has 1 aromatic rings. The molecule has 4 nitrogen and oxygen atoms in total. The van der Waals surface area contributed by atoms with Gasteiger partial charge in [-0.05, 0) is 50.6 Å². The van der Waals surface area contributed by atoms with Gasteiger partial charge in [-0.2, -0.15) is 5.26 Å². The summed E-state index contributed by atoms with van der Waals surface area (Å²) in [5, 5.41) is 9.34. The highest BCUT2D eigenvalue weighted by atomic mass is 19.1. The smallest absolute Gasteiger partial charge is 0.351 e. The second-order valence-electron chi connectivity index (χ2n) is 4.24. The highest BCUT2D eigenvalue weighted by Crippen LogP contribution is 2.24. The number of nitrogens with zero attached hydrogens (tertiary/aromatic N) is 2. The molecule has 0 aliphatic carbocycles. The van der Waals surface area contributed by atoms with Crippen LogP contribution in [0.3, 0.4) is 0 Å². The summed E-state index contributed by atoms with van der Waals surface area (Å²) in [6.45, 7) is 6.96. The molecule has 5 heteroatoms. The van der Waals surface area contributed by atoms with E-state index in [-0.39, 0.29) is 18.0 Å². The Kier molecular flexibility index (Phi) is 6.41. The number of esters is 1. The maximum absolute atomic E-state index is 13.1. The zero-order chi connectivity index (χ0) is 15.8. The van der Waals surface area contributed by atoms with Crippen LogP contribution in [0.2, 0.25) is 0 Å². The standard InChI is InChI=1S/C16H19FN2O2/c1-4-19(5-2)15(12-7-9-13(17)10-8-12)14(11-18)16(20)21-6-3/h7-10H,4-6H2,1-3H3. The molecular formula is C16H19FN2O2. The van der Waals surface area contributed by atoms with Crippen LogP contribution >= 0.6 is 0 Å². The number of rotatable bonds is 6. The van der Waals surface area contributed by atoms with E-state index in [1.807, 2.05) is 24.8 Å². The summed E-state index contributed by atoms with van der Waals surface area (Å²) in [5.41, 5.74) is 1.03. The molecule has 112 valence electrons. The van der Waals surface area contributed by atoms with E-state index in [1.165, 1.54) is 12.1 Å². The Morgan fingerprint density at radius 3 is 2.24 bits per heavy atom. The largest absolute Gasteiger partial charge is 0.462 e. The van der Waals surface area contributed by atoms with Gasteiger partial charge in [0.2, 0.25) is 0 Å². The summed E-state index contributed by atoms with van der Waals surface area (Å²) < 4.78 is 18.0. The lowest BCUT2D eigenvalue weighted by molar-refractivity contribution is -0.138. The maximum Gasteiger partial charge on any atom is 0.351 e. The van der Waals surface area contributed by atoms with E-state index < -0.39 is 5.97 Å². The van der Waals surface area contributed by atoms with Crippen molar-refractivity contribution in [1.29, 1.82) is 5.26 Å². The zero-order valence-electron chi connectivity index (χ0n) is 12.5. The number of hydrogen-bond acceptors (Lipinski definition) is 4. The van der Waals surface area contributed by atoms with Gasteiger partial charge in [0, 0.05) is 13.1 Å². The molecule has 0 unspecified atom stereocenters. The van der Waals surface area contributed by atoms with E-state index in [2.05, 4.69) is 0 Å². The third-order valence-electron chi connectivity index (χ3n) is 3.03. The Morgan fingerprint density at radius 1 is 1.24 bits per heavy atom. The first-order valence-electron chi connectivity index (χ1n) is 6.91. The van der Waals surface area contributed by atoms with Crippen molar-refractivity contribution in [2.24, 2.45) is 0 Å². The molecule has 1 aromatic carbocycles. The van der Waals surface area contributed by atoms with Crippen LogP contribution in [0.15, 0.2) is 29.8 Å². The quantitative estimate of drug-likeness (QED) is 0.459. The number of halogens is 1. The Morgan fingerprint density at radius 2 is 1.81 bits per heavy atom. The SMILES string of the molecule is CCOC(=O)C(C#N)=C(c1ccc(F)cc1)N(CC)CC. The monoisotopic (exact) mass is 290 g/mol. The fourth-order valence-corrected chi connectivity index (χ4v) is 2.03. The average molecular weight is 290 g/mol. The first kappa shape index (κ1) is 16.7. The van der Waals surface area contributed by atoms with Gasteiger partial charge in [-0.25, -0.2) is 9.18 Å². The van der Waals surface area contributed by atoms with E-state index in [0.717, 1.165) is 0 Å². The van der Waals surface area contributed by atoms with Crippen LogP contribution in [0.5, 0.6) is 0 Å². The van der Waals surface area contributed by atoms with Crippen LogP contribution in [0.1, 0.15) is 26.3 Å². The molecule has 0 radical (unpaired) electrons. The van der Waals surface area contributed by atoms with Gasteiger partial charge >= 0.3 is 5.97 Å². The van der Waals surface area contributed by atoms with E-state index in [1.54, 1.807) is 19.1 Å². The molecule has 21 heavy (non-hydrogen) atoms. The molecular weight excluding hydrogens is 271 g/mol. The number of carbonyl (C=O) groups excluding carboxylic acids is 1. The first-order valence-corrected chi connectivity index (χ1v) is 6.91. The molecule has 0 aliphatic rings. The second-order valence-corrected chi connectivity index (χ2v) is 4.24. The molecule has 1 rings (SSSR count). The van der Waals surface area contributed by atoms with Crippen molar-refractivity contribution in [2.75, 3.05) is 19.7 Å². The first-order chi connectivity index (χ1) is 10.1. The molecule has 0 aromatic heterocycles.